The van der Waals surface area contributed by atoms with Crippen molar-refractivity contribution in [1.29, 1.82) is 0 Å². The van der Waals surface area contributed by atoms with Crippen LogP contribution in [0.4, 0.5) is 0 Å². The Kier molecular flexibility index (Phi) is 4.33. The van der Waals surface area contributed by atoms with Crippen molar-refractivity contribution in [3.63, 3.8) is 0 Å². The van der Waals surface area contributed by atoms with Gasteiger partial charge in [0.25, 0.3) is 0 Å². The molecule has 4 fully saturated rings. The van der Waals surface area contributed by atoms with E-state index in [4.69, 9.17) is 0 Å². The van der Waals surface area contributed by atoms with Crippen LogP contribution in [0.25, 0.3) is 0 Å². The predicted molar refractivity (Wildman–Crippen MR) is 79.1 cm³/mol. The fraction of sp³-hybridized carbons (Fsp3) is 0.500. The van der Waals surface area contributed by atoms with Crippen LogP contribution < -0.4 is 12.4 Å². The molecule has 4 bridgehead atoms. The van der Waals surface area contributed by atoms with Crippen LogP contribution in [0.5, 0.6) is 0 Å². The molecule has 114 valence electrons. The molecule has 21 heavy (non-hydrogen) atoms. The predicted octanol–water partition coefficient (Wildman–Crippen LogP) is -1.70. The summed E-state index contributed by atoms with van der Waals surface area (Å²) in [5.74, 6) is 0. The van der Waals surface area contributed by atoms with Crippen LogP contribution in [0.15, 0.2) is 42.5 Å². The van der Waals surface area contributed by atoms with Gasteiger partial charge in [-0.05, 0) is 18.1 Å². The molecule has 4 aliphatic rings. The Morgan fingerprint density at radius 1 is 0.857 bits per heavy atom. The number of rotatable bonds is 4. The van der Waals surface area contributed by atoms with E-state index in [0.717, 1.165) is 13.0 Å². The molecular weight excluding hydrogens is 284 g/mol. The summed E-state index contributed by atoms with van der Waals surface area (Å²) in [5, 5.41) is 0. The number of benzene rings is 1. The Balaban J connectivity index is 0.00000132. The van der Waals surface area contributed by atoms with Crippen molar-refractivity contribution in [3.8, 4) is 0 Å². The lowest BCUT2D eigenvalue weighted by molar-refractivity contribution is -0.975. The Morgan fingerprint density at radius 2 is 1.43 bits per heavy atom. The van der Waals surface area contributed by atoms with Gasteiger partial charge in [-0.3, -0.25) is 4.48 Å². The van der Waals surface area contributed by atoms with E-state index in [9.17, 15) is 0 Å². The van der Waals surface area contributed by atoms with E-state index in [1.54, 1.807) is 0 Å². The molecule has 4 heterocycles. The first-order valence-electron chi connectivity index (χ1n) is 7.53. The van der Waals surface area contributed by atoms with Crippen molar-refractivity contribution < 1.29 is 16.9 Å². The summed E-state index contributed by atoms with van der Waals surface area (Å²) < 4.78 is 1.20. The van der Waals surface area contributed by atoms with Crippen molar-refractivity contribution in [2.45, 2.75) is 6.42 Å². The molecule has 0 atom stereocenters. The molecule has 5 heteroatoms. The van der Waals surface area contributed by atoms with E-state index in [-0.39, 0.29) is 12.4 Å². The lowest BCUT2D eigenvalue weighted by Crippen LogP contribution is -3.00. The van der Waals surface area contributed by atoms with Gasteiger partial charge in [0.15, 0.2) is 0 Å². The van der Waals surface area contributed by atoms with Crippen LogP contribution in [0.1, 0.15) is 5.56 Å². The number of allylic oxidation sites excluding steroid dienone is 1. The summed E-state index contributed by atoms with van der Waals surface area (Å²) in [7, 11) is 0. The van der Waals surface area contributed by atoms with E-state index in [1.165, 1.54) is 50.1 Å². The van der Waals surface area contributed by atoms with E-state index >= 15 is 0 Å². The number of halogens is 1. The zero-order chi connectivity index (χ0) is 13.4. The van der Waals surface area contributed by atoms with Gasteiger partial charge in [0.2, 0.25) is 0 Å². The van der Waals surface area contributed by atoms with Crippen LogP contribution >= 0.6 is 0 Å². The minimum absolute atomic E-state index is 0. The Hall–Kier alpha value is -0.910. The molecule has 0 radical (unpaired) electrons. The molecule has 1 aromatic carbocycles. The van der Waals surface area contributed by atoms with Crippen LogP contribution in [0.2, 0.25) is 0 Å². The minimum Gasteiger partial charge on any atom is -1.00 e. The van der Waals surface area contributed by atoms with Gasteiger partial charge in [0.1, 0.15) is 26.6 Å². The molecule has 0 aliphatic carbocycles. The molecule has 0 N–H and O–H groups in total. The summed E-state index contributed by atoms with van der Waals surface area (Å²) in [4.78, 5) is 7.71. The molecule has 5 rings (SSSR count). The van der Waals surface area contributed by atoms with Crippen LogP contribution in [0, 0.1) is 0 Å². The number of hydrogen-bond acceptors (Lipinski definition) is 3. The first-order chi connectivity index (χ1) is 9.81. The molecule has 4 nitrogen and oxygen atoms in total. The van der Waals surface area contributed by atoms with E-state index in [0.29, 0.717) is 0 Å². The third-order valence-electron chi connectivity index (χ3n) is 4.56. The molecule has 0 saturated carbocycles. The van der Waals surface area contributed by atoms with E-state index < -0.39 is 0 Å². The van der Waals surface area contributed by atoms with Gasteiger partial charge < -0.3 is 12.4 Å². The third kappa shape index (κ3) is 3.15. The summed E-state index contributed by atoms with van der Waals surface area (Å²) >= 11 is 0. The topological polar surface area (TPSA) is 9.72 Å². The Labute approximate surface area is 133 Å². The van der Waals surface area contributed by atoms with Gasteiger partial charge in [-0.1, -0.05) is 36.4 Å². The van der Waals surface area contributed by atoms with Crippen LogP contribution in [-0.2, 0) is 6.42 Å². The zero-order valence-electron chi connectivity index (χ0n) is 12.4. The molecule has 0 unspecified atom stereocenters. The molecular formula is C16H23ClN4. The van der Waals surface area contributed by atoms with Crippen LogP contribution in [-0.4, -0.2) is 65.7 Å². The first-order valence-corrected chi connectivity index (χ1v) is 7.53. The Bertz CT molecular complexity index is 467. The lowest BCUT2D eigenvalue weighted by Gasteiger charge is -2.60. The fourth-order valence-corrected chi connectivity index (χ4v) is 3.96. The molecule has 0 spiro atoms. The third-order valence-corrected chi connectivity index (χ3v) is 4.56. The van der Waals surface area contributed by atoms with Gasteiger partial charge in [0.05, 0.1) is 20.0 Å². The standard InChI is InChI=1S/C16H23N4.ClH/c1-2-6-16(7-3-1)8-4-5-9-20-13-17-10-18(14-20)12-19(11-17)15-20;/h1-7H,8-15H2;1H/q+1;/p-1/b5-4+;. The maximum Gasteiger partial charge on any atom is 0.139 e. The highest BCUT2D eigenvalue weighted by atomic mass is 35.5. The average molecular weight is 307 g/mol. The van der Waals surface area contributed by atoms with Crippen molar-refractivity contribution in [3.05, 3.63) is 48.0 Å². The minimum atomic E-state index is 0. The Morgan fingerprint density at radius 3 is 2.00 bits per heavy atom. The van der Waals surface area contributed by atoms with E-state index in [1.807, 2.05) is 0 Å². The highest BCUT2D eigenvalue weighted by Gasteiger charge is 2.47. The van der Waals surface area contributed by atoms with Gasteiger partial charge >= 0.3 is 0 Å². The summed E-state index contributed by atoms with van der Waals surface area (Å²) in [6.45, 7) is 8.35. The highest BCUT2D eigenvalue weighted by Crippen LogP contribution is 2.28. The molecule has 0 aromatic heterocycles. The van der Waals surface area contributed by atoms with Gasteiger partial charge in [-0.15, -0.1) is 0 Å². The van der Waals surface area contributed by atoms with Crippen molar-refractivity contribution in [2.24, 2.45) is 0 Å². The SMILES string of the molecule is C(=C\C[N+]12CN3CN(CN(C3)C1)C2)/Cc1ccccc1.[Cl-]. The number of nitrogens with zero attached hydrogens (tertiary/aromatic N) is 4. The summed E-state index contributed by atoms with van der Waals surface area (Å²) in [5.41, 5.74) is 1.40. The average Bonchev–Trinajstić information content (AvgIpc) is 2.43. The van der Waals surface area contributed by atoms with Gasteiger partial charge in [0, 0.05) is 0 Å². The zero-order valence-corrected chi connectivity index (χ0v) is 13.1. The smallest absolute Gasteiger partial charge is 0.139 e. The monoisotopic (exact) mass is 306 g/mol. The van der Waals surface area contributed by atoms with Crippen LogP contribution in [0.3, 0.4) is 0 Å². The molecule has 1 aromatic rings. The molecule has 4 saturated heterocycles. The summed E-state index contributed by atoms with van der Waals surface area (Å²) in [6.07, 6.45) is 5.79. The second-order valence-electron chi connectivity index (χ2n) is 6.55. The maximum absolute atomic E-state index is 2.57. The maximum atomic E-state index is 2.57. The number of quaternary nitrogens is 1. The highest BCUT2D eigenvalue weighted by molar-refractivity contribution is 5.17. The van der Waals surface area contributed by atoms with Crippen molar-refractivity contribution in [2.75, 3.05) is 46.6 Å². The van der Waals surface area contributed by atoms with Gasteiger partial charge in [-0.2, -0.15) is 0 Å². The second-order valence-corrected chi connectivity index (χ2v) is 6.55. The van der Waals surface area contributed by atoms with Crippen molar-refractivity contribution >= 4 is 0 Å². The second kappa shape index (κ2) is 6.07. The first kappa shape index (κ1) is 15.0. The lowest BCUT2D eigenvalue weighted by atomic mass is 10.1. The number of hydrogen-bond donors (Lipinski definition) is 0. The van der Waals surface area contributed by atoms with Gasteiger partial charge in [-0.25, -0.2) is 14.7 Å². The van der Waals surface area contributed by atoms with Crippen molar-refractivity contribution in [1.82, 2.24) is 14.7 Å². The van der Waals surface area contributed by atoms with E-state index in [2.05, 4.69) is 57.2 Å². The molecule has 4 aliphatic heterocycles. The quantitative estimate of drug-likeness (QED) is 0.485. The fourth-order valence-electron chi connectivity index (χ4n) is 3.96. The molecule has 0 amide bonds. The largest absolute Gasteiger partial charge is 1.00 e. The summed E-state index contributed by atoms with van der Waals surface area (Å²) in [6, 6.07) is 10.7. The normalized spacial score (nSPS) is 36.9.